The fourth-order valence-corrected chi connectivity index (χ4v) is 5.60. The van der Waals surface area contributed by atoms with Gasteiger partial charge in [0.2, 0.25) is 15.9 Å². The van der Waals surface area contributed by atoms with Gasteiger partial charge in [-0.2, -0.15) is 13.2 Å². The Balaban J connectivity index is 1.75. The van der Waals surface area contributed by atoms with Crippen LogP contribution in [0.25, 0.3) is 0 Å². The molecule has 0 heterocycles. The van der Waals surface area contributed by atoms with Crippen molar-refractivity contribution in [1.82, 2.24) is 0 Å². The maximum absolute atomic E-state index is 12.9. The Bertz CT molecular complexity index is 1500. The standard InChI is InChI=1S/C24H24F3N3O5S2/c1-16-6-4-7-17(2)23(16)30(36(3,32)33)15-22(31)28-19-10-12-21(13-11-19)37(34,35)29-20-9-5-8-18(14-20)24(25,26)27/h4-14,29H,15H2,1-3H3,(H,28,31). The number of nitrogens with one attached hydrogen (secondary N) is 2. The maximum Gasteiger partial charge on any atom is 0.416 e. The van der Waals surface area contributed by atoms with Gasteiger partial charge in [-0.1, -0.05) is 24.3 Å². The number of aryl methyl sites for hydroxylation is 2. The summed E-state index contributed by atoms with van der Waals surface area (Å²) in [6.07, 6.45) is -3.64. The highest BCUT2D eigenvalue weighted by molar-refractivity contribution is 7.92. The van der Waals surface area contributed by atoms with E-state index in [1.54, 1.807) is 32.0 Å². The van der Waals surface area contributed by atoms with Crippen molar-refractivity contribution in [3.05, 3.63) is 83.4 Å². The lowest BCUT2D eigenvalue weighted by atomic mass is 10.1. The first-order valence-electron chi connectivity index (χ1n) is 10.7. The number of benzene rings is 3. The van der Waals surface area contributed by atoms with Crippen LogP contribution in [0.1, 0.15) is 16.7 Å². The van der Waals surface area contributed by atoms with Crippen LogP contribution in [0.5, 0.6) is 0 Å². The summed E-state index contributed by atoms with van der Waals surface area (Å²) in [4.78, 5) is 12.4. The number of sulfonamides is 2. The Morgan fingerprint density at radius 1 is 0.865 bits per heavy atom. The van der Waals surface area contributed by atoms with Gasteiger partial charge in [-0.25, -0.2) is 16.8 Å². The molecule has 8 nitrogen and oxygen atoms in total. The molecule has 2 N–H and O–H groups in total. The summed E-state index contributed by atoms with van der Waals surface area (Å²) in [6, 6.07) is 13.9. The lowest BCUT2D eigenvalue weighted by Gasteiger charge is -2.25. The second kappa shape index (κ2) is 10.4. The molecule has 0 saturated carbocycles. The minimum Gasteiger partial charge on any atom is -0.325 e. The summed E-state index contributed by atoms with van der Waals surface area (Å²) in [5.41, 5.74) is 0.650. The van der Waals surface area contributed by atoms with Crippen LogP contribution in [0.15, 0.2) is 71.6 Å². The van der Waals surface area contributed by atoms with Gasteiger partial charge in [0.05, 0.1) is 22.4 Å². The Kier molecular flexibility index (Phi) is 7.89. The molecule has 0 saturated heterocycles. The van der Waals surface area contributed by atoms with Crippen LogP contribution < -0.4 is 14.3 Å². The molecule has 198 valence electrons. The van der Waals surface area contributed by atoms with Gasteiger partial charge in [-0.3, -0.25) is 13.8 Å². The van der Waals surface area contributed by atoms with E-state index in [2.05, 4.69) is 10.0 Å². The van der Waals surface area contributed by atoms with Gasteiger partial charge in [0.15, 0.2) is 0 Å². The molecule has 0 spiro atoms. The number of carbonyl (C=O) groups is 1. The van der Waals surface area contributed by atoms with Crippen molar-refractivity contribution >= 4 is 43.0 Å². The normalized spacial score (nSPS) is 12.2. The third-order valence-corrected chi connectivity index (χ3v) is 7.78. The average Bonchev–Trinajstić information content (AvgIpc) is 2.77. The van der Waals surface area contributed by atoms with Crippen molar-refractivity contribution in [1.29, 1.82) is 0 Å². The number of alkyl halides is 3. The Hall–Kier alpha value is -3.58. The molecule has 0 bridgehead atoms. The zero-order valence-electron chi connectivity index (χ0n) is 20.0. The third kappa shape index (κ3) is 7.01. The number of nitrogens with zero attached hydrogens (tertiary/aromatic N) is 1. The Morgan fingerprint density at radius 2 is 1.43 bits per heavy atom. The van der Waals surface area contributed by atoms with E-state index in [4.69, 9.17) is 0 Å². The Morgan fingerprint density at radius 3 is 1.97 bits per heavy atom. The molecule has 0 radical (unpaired) electrons. The van der Waals surface area contributed by atoms with Crippen LogP contribution >= 0.6 is 0 Å². The smallest absolute Gasteiger partial charge is 0.325 e. The number of hydrogen-bond donors (Lipinski definition) is 2. The van der Waals surface area contributed by atoms with E-state index in [1.807, 2.05) is 0 Å². The van der Waals surface area contributed by atoms with Crippen LogP contribution in [-0.2, 0) is 31.0 Å². The van der Waals surface area contributed by atoms with Crippen molar-refractivity contribution in [2.45, 2.75) is 24.9 Å². The second-order valence-electron chi connectivity index (χ2n) is 8.27. The minimum absolute atomic E-state index is 0.193. The van der Waals surface area contributed by atoms with Crippen molar-refractivity contribution in [3.63, 3.8) is 0 Å². The summed E-state index contributed by atoms with van der Waals surface area (Å²) >= 11 is 0. The summed E-state index contributed by atoms with van der Waals surface area (Å²) in [5.74, 6) is -0.661. The predicted molar refractivity (Wildman–Crippen MR) is 135 cm³/mol. The first-order valence-corrected chi connectivity index (χ1v) is 14.0. The number of anilines is 3. The van der Waals surface area contributed by atoms with E-state index in [9.17, 15) is 34.8 Å². The molecule has 37 heavy (non-hydrogen) atoms. The van der Waals surface area contributed by atoms with Crippen molar-refractivity contribution in [2.24, 2.45) is 0 Å². The highest BCUT2D eigenvalue weighted by Gasteiger charge is 2.31. The molecule has 0 aliphatic rings. The molecule has 0 unspecified atom stereocenters. The summed E-state index contributed by atoms with van der Waals surface area (Å²) in [6.45, 7) is 2.94. The molecule has 0 aliphatic carbocycles. The van der Waals surface area contributed by atoms with Gasteiger partial charge in [0.25, 0.3) is 10.0 Å². The molecule has 13 heteroatoms. The van der Waals surface area contributed by atoms with E-state index in [0.29, 0.717) is 22.9 Å². The quantitative estimate of drug-likeness (QED) is 0.424. The molecule has 0 aromatic heterocycles. The SMILES string of the molecule is Cc1cccc(C)c1N(CC(=O)Nc1ccc(S(=O)(=O)Nc2cccc(C(F)(F)F)c2)cc1)S(C)(=O)=O. The molecule has 0 aliphatic heterocycles. The fraction of sp³-hybridized carbons (Fsp3) is 0.208. The van der Waals surface area contributed by atoms with Gasteiger partial charge in [-0.15, -0.1) is 0 Å². The van der Waals surface area contributed by atoms with Gasteiger partial charge < -0.3 is 5.32 Å². The molecular formula is C24H24F3N3O5S2. The number of rotatable bonds is 8. The number of para-hydroxylation sites is 1. The van der Waals surface area contributed by atoms with Crippen molar-refractivity contribution in [2.75, 3.05) is 27.1 Å². The highest BCUT2D eigenvalue weighted by Crippen LogP contribution is 2.31. The van der Waals surface area contributed by atoms with Crippen LogP contribution in [0.2, 0.25) is 0 Å². The van der Waals surface area contributed by atoms with Crippen LogP contribution in [-0.4, -0.2) is 35.5 Å². The molecule has 3 rings (SSSR count). The van der Waals surface area contributed by atoms with E-state index in [1.165, 1.54) is 18.2 Å². The predicted octanol–water partition coefficient (Wildman–Crippen LogP) is 4.53. The average molecular weight is 556 g/mol. The first kappa shape index (κ1) is 28.0. The largest absolute Gasteiger partial charge is 0.416 e. The van der Waals surface area contributed by atoms with Crippen molar-refractivity contribution in [3.8, 4) is 0 Å². The van der Waals surface area contributed by atoms with E-state index < -0.39 is 44.2 Å². The zero-order valence-corrected chi connectivity index (χ0v) is 21.6. The first-order chi connectivity index (χ1) is 17.1. The topological polar surface area (TPSA) is 113 Å². The second-order valence-corrected chi connectivity index (χ2v) is 11.9. The van der Waals surface area contributed by atoms with Crippen LogP contribution in [0.4, 0.5) is 30.2 Å². The van der Waals surface area contributed by atoms with E-state index in [-0.39, 0.29) is 16.3 Å². The fourth-order valence-electron chi connectivity index (χ4n) is 3.58. The highest BCUT2D eigenvalue weighted by atomic mass is 32.2. The lowest BCUT2D eigenvalue weighted by Crippen LogP contribution is -2.38. The Labute approximate surface area is 213 Å². The van der Waals surface area contributed by atoms with Gasteiger partial charge in [0.1, 0.15) is 6.54 Å². The summed E-state index contributed by atoms with van der Waals surface area (Å²) < 4.78 is 91.9. The third-order valence-electron chi connectivity index (χ3n) is 5.27. The molecule has 3 aromatic rings. The zero-order chi connectivity index (χ0) is 27.6. The number of hydrogen-bond acceptors (Lipinski definition) is 5. The van der Waals surface area contributed by atoms with Crippen LogP contribution in [0, 0.1) is 13.8 Å². The molecule has 0 atom stereocenters. The molecule has 1 amide bonds. The van der Waals surface area contributed by atoms with Gasteiger partial charge in [0, 0.05) is 11.4 Å². The van der Waals surface area contributed by atoms with Crippen LogP contribution in [0.3, 0.4) is 0 Å². The summed E-state index contributed by atoms with van der Waals surface area (Å²) in [5, 5.41) is 2.52. The molecule has 0 fully saturated rings. The monoisotopic (exact) mass is 555 g/mol. The lowest BCUT2D eigenvalue weighted by molar-refractivity contribution is -0.137. The van der Waals surface area contributed by atoms with Gasteiger partial charge >= 0.3 is 6.18 Å². The molecular weight excluding hydrogens is 531 g/mol. The maximum atomic E-state index is 12.9. The van der Waals surface area contributed by atoms with E-state index >= 15 is 0 Å². The number of amides is 1. The van der Waals surface area contributed by atoms with Crippen molar-refractivity contribution < 1.29 is 34.8 Å². The van der Waals surface area contributed by atoms with Gasteiger partial charge in [-0.05, 0) is 67.4 Å². The number of halogens is 3. The van der Waals surface area contributed by atoms with E-state index in [0.717, 1.165) is 34.8 Å². The summed E-state index contributed by atoms with van der Waals surface area (Å²) in [7, 11) is -8.03. The minimum atomic E-state index is -4.63. The molecule has 3 aromatic carbocycles. The number of carbonyl (C=O) groups excluding carboxylic acids is 1.